The number of cyclic esters (lactones) is 1. The third kappa shape index (κ3) is 2.40. The zero-order chi connectivity index (χ0) is 14.7. The van der Waals surface area contributed by atoms with Crippen molar-refractivity contribution in [3.8, 4) is 0 Å². The maximum atomic E-state index is 11.7. The van der Waals surface area contributed by atoms with Gasteiger partial charge in [-0.25, -0.2) is 9.59 Å². The highest BCUT2D eigenvalue weighted by atomic mass is 16.6. The molecule has 0 aliphatic carbocycles. The second-order valence-electron chi connectivity index (χ2n) is 3.99. The Kier molecular flexibility index (Phi) is 3.84. The Morgan fingerprint density at radius 3 is 2.55 bits per heavy atom. The lowest BCUT2D eigenvalue weighted by atomic mass is 10.0. The van der Waals surface area contributed by atoms with E-state index < -0.39 is 29.6 Å². The van der Waals surface area contributed by atoms with Crippen molar-refractivity contribution in [1.82, 2.24) is 0 Å². The summed E-state index contributed by atoms with van der Waals surface area (Å²) in [5.74, 6) is -3.56. The largest absolute Gasteiger partial charge is 0.507 e. The van der Waals surface area contributed by atoms with E-state index in [1.807, 2.05) is 0 Å². The van der Waals surface area contributed by atoms with Crippen molar-refractivity contribution in [2.75, 3.05) is 6.61 Å². The van der Waals surface area contributed by atoms with Crippen molar-refractivity contribution < 1.29 is 29.0 Å². The molecule has 6 nitrogen and oxygen atoms in total. The normalized spacial score (nSPS) is 20.6. The fourth-order valence-corrected chi connectivity index (χ4v) is 1.82. The minimum Gasteiger partial charge on any atom is -0.507 e. The molecule has 1 heterocycles. The highest BCUT2D eigenvalue weighted by Gasteiger charge is 2.46. The lowest BCUT2D eigenvalue weighted by molar-refractivity contribution is -0.160. The Morgan fingerprint density at radius 2 is 1.95 bits per heavy atom. The lowest BCUT2D eigenvalue weighted by Gasteiger charge is -2.10. The van der Waals surface area contributed by atoms with Crippen LogP contribution < -0.4 is 0 Å². The number of ketones is 1. The zero-order valence-corrected chi connectivity index (χ0v) is 10.7. The molecule has 1 unspecified atom stereocenters. The molecule has 1 aliphatic heterocycles. The Balaban J connectivity index is 2.47. The fourth-order valence-electron chi connectivity index (χ4n) is 1.82. The minimum absolute atomic E-state index is 0.0699. The van der Waals surface area contributed by atoms with Crippen LogP contribution in [0.5, 0.6) is 0 Å². The van der Waals surface area contributed by atoms with Gasteiger partial charge in [-0.1, -0.05) is 30.3 Å². The predicted octanol–water partition coefficient (Wildman–Crippen LogP) is 1.01. The summed E-state index contributed by atoms with van der Waals surface area (Å²) in [7, 11) is 0. The molecule has 20 heavy (non-hydrogen) atoms. The molecule has 0 amide bonds. The SMILES string of the molecule is CCOC(=O)C1OC(=O)C(=O)/C1=C(/O)c1ccccc1. The zero-order valence-electron chi connectivity index (χ0n) is 10.7. The third-order valence-electron chi connectivity index (χ3n) is 2.72. The first kappa shape index (κ1) is 13.8. The van der Waals surface area contributed by atoms with E-state index in [-0.39, 0.29) is 12.2 Å². The molecule has 1 aromatic rings. The standard InChI is InChI=1S/C14H12O6/c1-2-19-14(18)12-9(11(16)13(17)20-12)10(15)8-6-4-3-5-7-8/h3-7,12,15H,2H2,1H3/b10-9-. The number of rotatable bonds is 3. The van der Waals surface area contributed by atoms with Crippen LogP contribution >= 0.6 is 0 Å². The van der Waals surface area contributed by atoms with Crippen LogP contribution in [0.4, 0.5) is 0 Å². The molecule has 0 bridgehead atoms. The molecule has 0 radical (unpaired) electrons. The van der Waals surface area contributed by atoms with Crippen LogP contribution in [-0.4, -0.2) is 35.5 Å². The van der Waals surface area contributed by atoms with E-state index in [0.29, 0.717) is 5.56 Å². The summed E-state index contributed by atoms with van der Waals surface area (Å²) in [4.78, 5) is 34.7. The number of ether oxygens (including phenoxy) is 2. The van der Waals surface area contributed by atoms with Crippen LogP contribution in [0, 0.1) is 0 Å². The summed E-state index contributed by atoms with van der Waals surface area (Å²) >= 11 is 0. The quantitative estimate of drug-likeness (QED) is 0.383. The summed E-state index contributed by atoms with van der Waals surface area (Å²) in [5.41, 5.74) is -0.0805. The average molecular weight is 276 g/mol. The molecule has 6 heteroatoms. The number of hydrogen-bond donors (Lipinski definition) is 1. The van der Waals surface area contributed by atoms with E-state index in [4.69, 9.17) is 4.74 Å². The molecule has 0 spiro atoms. The summed E-state index contributed by atoms with van der Waals surface area (Å²) < 4.78 is 9.39. The van der Waals surface area contributed by atoms with Crippen molar-refractivity contribution in [1.29, 1.82) is 0 Å². The van der Waals surface area contributed by atoms with Crippen LogP contribution in [0.1, 0.15) is 12.5 Å². The smallest absolute Gasteiger partial charge is 0.380 e. The van der Waals surface area contributed by atoms with Crippen molar-refractivity contribution in [2.24, 2.45) is 0 Å². The molecule has 1 fully saturated rings. The number of carbonyl (C=O) groups is 3. The van der Waals surface area contributed by atoms with Gasteiger partial charge < -0.3 is 14.6 Å². The third-order valence-corrected chi connectivity index (χ3v) is 2.72. The highest BCUT2D eigenvalue weighted by molar-refractivity contribution is 6.45. The molecule has 1 atom stereocenters. The van der Waals surface area contributed by atoms with E-state index in [2.05, 4.69) is 4.74 Å². The maximum absolute atomic E-state index is 11.7. The number of Topliss-reactive ketones (excluding diaryl/α,β-unsaturated/α-hetero) is 1. The summed E-state index contributed by atoms with van der Waals surface area (Å²) in [6, 6.07) is 8.10. The first-order valence-corrected chi connectivity index (χ1v) is 5.96. The first-order chi connectivity index (χ1) is 9.56. The Morgan fingerprint density at radius 1 is 1.30 bits per heavy atom. The summed E-state index contributed by atoms with van der Waals surface area (Å²) in [6.07, 6.45) is -1.52. The van der Waals surface area contributed by atoms with E-state index in [1.54, 1.807) is 37.3 Å². The molecule has 1 aliphatic rings. The second kappa shape index (κ2) is 5.56. The number of aliphatic hydroxyl groups is 1. The molecule has 1 aromatic carbocycles. The van der Waals surface area contributed by atoms with Crippen LogP contribution in [0.2, 0.25) is 0 Å². The van der Waals surface area contributed by atoms with Crippen molar-refractivity contribution in [3.63, 3.8) is 0 Å². The molecular formula is C14H12O6. The minimum atomic E-state index is -1.52. The van der Waals surface area contributed by atoms with Gasteiger partial charge in [-0.3, -0.25) is 4.79 Å². The van der Waals surface area contributed by atoms with E-state index in [9.17, 15) is 19.5 Å². The van der Waals surface area contributed by atoms with Gasteiger partial charge in [0.15, 0.2) is 0 Å². The Bertz CT molecular complexity index is 587. The van der Waals surface area contributed by atoms with E-state index in [0.717, 1.165) is 0 Å². The van der Waals surface area contributed by atoms with Crippen molar-refractivity contribution in [3.05, 3.63) is 41.5 Å². The van der Waals surface area contributed by atoms with Crippen LogP contribution in [0.15, 0.2) is 35.9 Å². The highest BCUT2D eigenvalue weighted by Crippen LogP contribution is 2.27. The molecule has 2 rings (SSSR count). The number of carbonyl (C=O) groups excluding carboxylic acids is 3. The van der Waals surface area contributed by atoms with E-state index >= 15 is 0 Å². The number of hydrogen-bond acceptors (Lipinski definition) is 6. The number of benzene rings is 1. The lowest BCUT2D eigenvalue weighted by Crippen LogP contribution is -2.25. The first-order valence-electron chi connectivity index (χ1n) is 5.96. The van der Waals surface area contributed by atoms with Crippen molar-refractivity contribution >= 4 is 23.5 Å². The molecule has 1 saturated heterocycles. The summed E-state index contributed by atoms with van der Waals surface area (Å²) in [6.45, 7) is 1.65. The van der Waals surface area contributed by atoms with Crippen LogP contribution in [-0.2, 0) is 23.9 Å². The van der Waals surface area contributed by atoms with Gasteiger partial charge in [-0.2, -0.15) is 0 Å². The van der Waals surface area contributed by atoms with Gasteiger partial charge >= 0.3 is 11.9 Å². The Labute approximate surface area is 114 Å². The average Bonchev–Trinajstić information content (AvgIpc) is 2.75. The molecule has 0 saturated carbocycles. The van der Waals surface area contributed by atoms with Crippen LogP contribution in [0.3, 0.4) is 0 Å². The fraction of sp³-hybridized carbons (Fsp3) is 0.214. The Hall–Kier alpha value is -2.63. The number of aliphatic hydroxyl groups excluding tert-OH is 1. The van der Waals surface area contributed by atoms with Gasteiger partial charge in [0.2, 0.25) is 6.10 Å². The number of esters is 2. The van der Waals surface area contributed by atoms with Gasteiger partial charge in [-0.15, -0.1) is 0 Å². The van der Waals surface area contributed by atoms with Gasteiger partial charge in [0, 0.05) is 5.56 Å². The topological polar surface area (TPSA) is 89.9 Å². The maximum Gasteiger partial charge on any atom is 0.380 e. The van der Waals surface area contributed by atoms with Gasteiger partial charge in [-0.05, 0) is 6.92 Å². The molecule has 0 aromatic heterocycles. The van der Waals surface area contributed by atoms with Crippen molar-refractivity contribution in [2.45, 2.75) is 13.0 Å². The predicted molar refractivity (Wildman–Crippen MR) is 67.5 cm³/mol. The van der Waals surface area contributed by atoms with E-state index in [1.165, 1.54) is 0 Å². The van der Waals surface area contributed by atoms with Crippen LogP contribution in [0.25, 0.3) is 5.76 Å². The molecular weight excluding hydrogens is 264 g/mol. The molecule has 1 N–H and O–H groups in total. The van der Waals surface area contributed by atoms with Gasteiger partial charge in [0.25, 0.3) is 5.78 Å². The van der Waals surface area contributed by atoms with Gasteiger partial charge in [0.1, 0.15) is 11.3 Å². The molecule has 104 valence electrons. The monoisotopic (exact) mass is 276 g/mol. The second-order valence-corrected chi connectivity index (χ2v) is 3.99. The van der Waals surface area contributed by atoms with Gasteiger partial charge in [0.05, 0.1) is 6.61 Å². The summed E-state index contributed by atoms with van der Waals surface area (Å²) in [5, 5.41) is 10.1.